The summed E-state index contributed by atoms with van der Waals surface area (Å²) < 4.78 is 5.65. The first-order valence-electron chi connectivity index (χ1n) is 6.29. The van der Waals surface area contributed by atoms with Gasteiger partial charge >= 0.3 is 0 Å². The highest BCUT2D eigenvalue weighted by atomic mass is 35.5. The number of hydrogen-bond acceptors (Lipinski definition) is 2. The Balaban J connectivity index is 2.06. The second-order valence-corrected chi connectivity index (χ2v) is 5.68. The lowest BCUT2D eigenvalue weighted by atomic mass is 10.2. The normalized spacial score (nSPS) is 10.9. The molecule has 2 N–H and O–H groups in total. The molecule has 0 aromatic heterocycles. The smallest absolute Gasteiger partial charge is 0.241 e. The minimum absolute atomic E-state index is 0.313. The molecule has 0 saturated carbocycles. The Bertz CT molecular complexity index is 729. The summed E-state index contributed by atoms with van der Waals surface area (Å²) in [6, 6.07) is 10.5. The molecule has 1 amide bonds. The van der Waals surface area contributed by atoms with Gasteiger partial charge < -0.3 is 10.5 Å². The van der Waals surface area contributed by atoms with Crippen molar-refractivity contribution in [1.29, 1.82) is 0 Å². The molecule has 3 nitrogen and oxygen atoms in total. The van der Waals surface area contributed by atoms with E-state index in [1.54, 1.807) is 36.4 Å². The van der Waals surface area contributed by atoms with Crippen molar-refractivity contribution in [2.75, 3.05) is 0 Å². The van der Waals surface area contributed by atoms with Crippen LogP contribution in [-0.2, 0) is 11.4 Å². The van der Waals surface area contributed by atoms with E-state index >= 15 is 0 Å². The van der Waals surface area contributed by atoms with Crippen molar-refractivity contribution in [2.24, 2.45) is 5.73 Å². The van der Waals surface area contributed by atoms with E-state index in [4.69, 9.17) is 45.3 Å². The van der Waals surface area contributed by atoms with E-state index in [1.807, 2.05) is 6.07 Å². The van der Waals surface area contributed by atoms with Crippen molar-refractivity contribution in [3.8, 4) is 5.75 Å². The lowest BCUT2D eigenvalue weighted by Crippen LogP contribution is -2.05. The lowest BCUT2D eigenvalue weighted by Gasteiger charge is -2.09. The van der Waals surface area contributed by atoms with Crippen molar-refractivity contribution < 1.29 is 9.53 Å². The summed E-state index contributed by atoms with van der Waals surface area (Å²) >= 11 is 18.0. The fraction of sp³-hybridized carbons (Fsp3) is 0.0625. The number of hydrogen-bond donors (Lipinski definition) is 1. The van der Waals surface area contributed by atoms with Gasteiger partial charge in [0.15, 0.2) is 0 Å². The highest BCUT2D eigenvalue weighted by Gasteiger charge is 2.04. The van der Waals surface area contributed by atoms with Crippen LogP contribution in [0, 0.1) is 0 Å². The van der Waals surface area contributed by atoms with Gasteiger partial charge in [0.1, 0.15) is 12.4 Å². The maximum Gasteiger partial charge on any atom is 0.241 e. The summed E-state index contributed by atoms with van der Waals surface area (Å²) in [4.78, 5) is 10.7. The highest BCUT2D eigenvalue weighted by molar-refractivity contribution is 6.42. The van der Waals surface area contributed by atoms with Crippen LogP contribution in [-0.4, -0.2) is 5.91 Å². The minimum atomic E-state index is -0.518. The SMILES string of the molecule is NC(=O)/C=C/c1ccc(OCc2ccc(Cl)c(Cl)c2)c(Cl)c1. The number of rotatable bonds is 5. The molecule has 0 spiro atoms. The van der Waals surface area contributed by atoms with Crippen molar-refractivity contribution in [3.63, 3.8) is 0 Å². The van der Waals surface area contributed by atoms with Gasteiger partial charge in [0.25, 0.3) is 0 Å². The molecule has 0 radical (unpaired) electrons. The van der Waals surface area contributed by atoms with E-state index in [0.29, 0.717) is 27.4 Å². The summed E-state index contributed by atoms with van der Waals surface area (Å²) in [5.74, 6) is 0.0139. The van der Waals surface area contributed by atoms with Crippen LogP contribution in [0.2, 0.25) is 15.1 Å². The van der Waals surface area contributed by atoms with Crippen molar-refractivity contribution in [3.05, 3.63) is 68.7 Å². The summed E-state index contributed by atoms with van der Waals surface area (Å²) in [7, 11) is 0. The molecule has 22 heavy (non-hydrogen) atoms. The first-order chi connectivity index (χ1) is 10.5. The topological polar surface area (TPSA) is 52.3 Å². The van der Waals surface area contributed by atoms with Gasteiger partial charge in [0, 0.05) is 6.08 Å². The number of halogens is 3. The first-order valence-corrected chi connectivity index (χ1v) is 7.43. The van der Waals surface area contributed by atoms with Gasteiger partial charge in [-0.15, -0.1) is 0 Å². The van der Waals surface area contributed by atoms with Crippen molar-refractivity contribution in [2.45, 2.75) is 6.61 Å². The Labute approximate surface area is 143 Å². The molecule has 0 aliphatic carbocycles. The molecule has 0 saturated heterocycles. The summed E-state index contributed by atoms with van der Waals surface area (Å²) in [5, 5.41) is 1.40. The number of amides is 1. The fourth-order valence-electron chi connectivity index (χ4n) is 1.71. The largest absolute Gasteiger partial charge is 0.487 e. The predicted octanol–water partition coefficient (Wildman–Crippen LogP) is 4.72. The Kier molecular flexibility index (Phi) is 5.72. The molecule has 2 aromatic carbocycles. The van der Waals surface area contributed by atoms with E-state index in [0.717, 1.165) is 11.1 Å². The Morgan fingerprint density at radius 3 is 2.45 bits per heavy atom. The second kappa shape index (κ2) is 7.54. The number of carbonyl (C=O) groups excluding carboxylic acids is 1. The van der Waals surface area contributed by atoms with Gasteiger partial charge in [-0.25, -0.2) is 0 Å². The Hall–Kier alpha value is -1.68. The third-order valence-electron chi connectivity index (χ3n) is 2.77. The zero-order valence-electron chi connectivity index (χ0n) is 11.4. The third kappa shape index (κ3) is 4.67. The van der Waals surface area contributed by atoms with E-state index in [9.17, 15) is 4.79 Å². The summed E-state index contributed by atoms with van der Waals surface area (Å²) in [6.45, 7) is 0.313. The average molecular weight is 357 g/mol. The van der Waals surface area contributed by atoms with Crippen LogP contribution in [0.5, 0.6) is 5.75 Å². The molecule has 0 bridgehead atoms. The molecule has 0 atom stereocenters. The molecule has 114 valence electrons. The van der Waals surface area contributed by atoms with Gasteiger partial charge in [0.2, 0.25) is 5.91 Å². The van der Waals surface area contributed by atoms with Gasteiger partial charge in [-0.3, -0.25) is 4.79 Å². The quantitative estimate of drug-likeness (QED) is 0.788. The molecule has 0 aliphatic rings. The van der Waals surface area contributed by atoms with Crippen LogP contribution in [0.4, 0.5) is 0 Å². The monoisotopic (exact) mass is 355 g/mol. The molecule has 2 aromatic rings. The molecule has 2 rings (SSSR count). The number of primary amides is 1. The third-order valence-corrected chi connectivity index (χ3v) is 3.81. The molecule has 0 heterocycles. The van der Waals surface area contributed by atoms with Gasteiger partial charge in [-0.2, -0.15) is 0 Å². The average Bonchev–Trinajstić information content (AvgIpc) is 2.47. The highest BCUT2D eigenvalue weighted by Crippen LogP contribution is 2.28. The molecule has 0 aliphatic heterocycles. The zero-order chi connectivity index (χ0) is 16.1. The Morgan fingerprint density at radius 1 is 1.05 bits per heavy atom. The maximum absolute atomic E-state index is 10.7. The minimum Gasteiger partial charge on any atom is -0.487 e. The fourth-order valence-corrected chi connectivity index (χ4v) is 2.27. The van der Waals surface area contributed by atoms with Crippen LogP contribution in [0.3, 0.4) is 0 Å². The van der Waals surface area contributed by atoms with Gasteiger partial charge in [-0.05, 0) is 41.5 Å². The number of carbonyl (C=O) groups is 1. The van der Waals surface area contributed by atoms with Gasteiger partial charge in [0.05, 0.1) is 15.1 Å². The summed E-state index contributed by atoms with van der Waals surface area (Å²) in [6.07, 6.45) is 2.85. The second-order valence-electron chi connectivity index (χ2n) is 4.46. The number of benzene rings is 2. The van der Waals surface area contributed by atoms with Crippen molar-refractivity contribution >= 4 is 46.8 Å². The van der Waals surface area contributed by atoms with Crippen LogP contribution < -0.4 is 10.5 Å². The number of ether oxygens (including phenoxy) is 1. The standard InChI is InChI=1S/C16H12Cl3NO2/c17-12-4-1-11(8-13(12)18)9-22-15-5-2-10(7-14(15)19)3-6-16(20)21/h1-8H,9H2,(H2,20,21)/b6-3+. The maximum atomic E-state index is 10.7. The molecular formula is C16H12Cl3NO2. The predicted molar refractivity (Wildman–Crippen MR) is 90.5 cm³/mol. The molecule has 0 fully saturated rings. The molecular weight excluding hydrogens is 345 g/mol. The summed E-state index contributed by atoms with van der Waals surface area (Å²) in [5.41, 5.74) is 6.67. The van der Waals surface area contributed by atoms with E-state index < -0.39 is 5.91 Å². The lowest BCUT2D eigenvalue weighted by molar-refractivity contribution is -0.113. The van der Waals surface area contributed by atoms with E-state index in [2.05, 4.69) is 0 Å². The van der Waals surface area contributed by atoms with Gasteiger partial charge in [-0.1, -0.05) is 46.9 Å². The van der Waals surface area contributed by atoms with E-state index in [1.165, 1.54) is 6.08 Å². The first kappa shape index (κ1) is 16.7. The van der Waals surface area contributed by atoms with Crippen LogP contribution in [0.15, 0.2) is 42.5 Å². The number of nitrogens with two attached hydrogens (primary N) is 1. The van der Waals surface area contributed by atoms with Crippen molar-refractivity contribution in [1.82, 2.24) is 0 Å². The van der Waals surface area contributed by atoms with Crippen LogP contribution >= 0.6 is 34.8 Å². The van der Waals surface area contributed by atoms with Crippen LogP contribution in [0.1, 0.15) is 11.1 Å². The van der Waals surface area contributed by atoms with E-state index in [-0.39, 0.29) is 0 Å². The molecule has 0 unspecified atom stereocenters. The molecule has 6 heteroatoms. The Morgan fingerprint density at radius 2 is 1.82 bits per heavy atom. The zero-order valence-corrected chi connectivity index (χ0v) is 13.6. The van der Waals surface area contributed by atoms with Crippen LogP contribution in [0.25, 0.3) is 6.08 Å².